The van der Waals surface area contributed by atoms with Crippen LogP contribution < -0.4 is 10.1 Å². The lowest BCUT2D eigenvalue weighted by molar-refractivity contribution is -0.191. The summed E-state index contributed by atoms with van der Waals surface area (Å²) in [5, 5.41) is 6.40. The minimum absolute atomic E-state index is 0.0139. The monoisotopic (exact) mass is 467 g/mol. The standard InChI is InChI=1S/C17H12ClF6N5O2/c1-7(16(19,20)21)30-10-4-3-8(5-9(10)17(22,23)24)15-28-14(29-31-15)12-13(25-2)26-6-11(18)27-12/h3-7H,1-2H3,(H,25,26). The number of hydrogen-bond acceptors (Lipinski definition) is 7. The Morgan fingerprint density at radius 2 is 1.84 bits per heavy atom. The Labute approximate surface area is 175 Å². The third-order valence-corrected chi connectivity index (χ3v) is 4.10. The van der Waals surface area contributed by atoms with Crippen LogP contribution in [-0.2, 0) is 6.18 Å². The van der Waals surface area contributed by atoms with Crippen molar-refractivity contribution in [1.82, 2.24) is 20.1 Å². The second kappa shape index (κ2) is 8.21. The second-order valence-corrected chi connectivity index (χ2v) is 6.46. The van der Waals surface area contributed by atoms with E-state index >= 15 is 0 Å². The molecular formula is C17H12ClF6N5O2. The Morgan fingerprint density at radius 3 is 2.45 bits per heavy atom. The first-order valence-corrected chi connectivity index (χ1v) is 8.77. The molecule has 3 rings (SSSR count). The van der Waals surface area contributed by atoms with Crippen LogP contribution in [0.3, 0.4) is 0 Å². The van der Waals surface area contributed by atoms with E-state index in [1.807, 2.05) is 0 Å². The summed E-state index contributed by atoms with van der Waals surface area (Å²) in [4.78, 5) is 12.0. The minimum atomic E-state index is -5.00. The first-order valence-electron chi connectivity index (χ1n) is 8.39. The third-order valence-electron chi connectivity index (χ3n) is 3.91. The Balaban J connectivity index is 2.01. The molecule has 1 aromatic carbocycles. The molecular weight excluding hydrogens is 456 g/mol. The van der Waals surface area contributed by atoms with E-state index in [9.17, 15) is 26.3 Å². The van der Waals surface area contributed by atoms with E-state index in [4.69, 9.17) is 16.1 Å². The zero-order valence-electron chi connectivity index (χ0n) is 15.6. The van der Waals surface area contributed by atoms with Gasteiger partial charge < -0.3 is 14.6 Å². The number of anilines is 1. The summed E-state index contributed by atoms with van der Waals surface area (Å²) in [7, 11) is 1.54. The summed E-state index contributed by atoms with van der Waals surface area (Å²) >= 11 is 5.80. The smallest absolute Gasteiger partial charge is 0.425 e. The van der Waals surface area contributed by atoms with Crippen LogP contribution in [0.4, 0.5) is 32.2 Å². The van der Waals surface area contributed by atoms with Crippen molar-refractivity contribution >= 4 is 17.4 Å². The van der Waals surface area contributed by atoms with E-state index in [1.54, 1.807) is 7.05 Å². The predicted molar refractivity (Wildman–Crippen MR) is 96.5 cm³/mol. The van der Waals surface area contributed by atoms with Gasteiger partial charge in [0.2, 0.25) is 5.82 Å². The van der Waals surface area contributed by atoms with Gasteiger partial charge >= 0.3 is 12.4 Å². The topological polar surface area (TPSA) is 86.0 Å². The van der Waals surface area contributed by atoms with Gasteiger partial charge in [0.05, 0.1) is 11.8 Å². The zero-order valence-corrected chi connectivity index (χ0v) is 16.4. The highest BCUT2D eigenvalue weighted by molar-refractivity contribution is 6.29. The SMILES string of the molecule is CNc1ncc(Cl)nc1-c1noc(-c2ccc(OC(C)C(F)(F)F)c(C(F)(F)F)c2)n1. The molecule has 3 aromatic rings. The minimum Gasteiger partial charge on any atom is -0.481 e. The molecule has 2 aromatic heterocycles. The van der Waals surface area contributed by atoms with Crippen LogP contribution in [0.15, 0.2) is 28.9 Å². The Morgan fingerprint density at radius 1 is 1.13 bits per heavy atom. The van der Waals surface area contributed by atoms with Crippen molar-refractivity contribution in [3.05, 3.63) is 35.1 Å². The number of nitrogens with zero attached hydrogens (tertiary/aromatic N) is 4. The van der Waals surface area contributed by atoms with Gasteiger partial charge in [-0.15, -0.1) is 0 Å². The van der Waals surface area contributed by atoms with Gasteiger partial charge in [-0.1, -0.05) is 16.8 Å². The number of alkyl halides is 6. The molecule has 0 aliphatic heterocycles. The van der Waals surface area contributed by atoms with Gasteiger partial charge in [0.1, 0.15) is 10.9 Å². The number of ether oxygens (including phenoxy) is 1. The lowest BCUT2D eigenvalue weighted by Gasteiger charge is -2.20. The third kappa shape index (κ3) is 4.98. The highest BCUT2D eigenvalue weighted by Gasteiger charge is 2.41. The molecule has 31 heavy (non-hydrogen) atoms. The largest absolute Gasteiger partial charge is 0.481 e. The van der Waals surface area contributed by atoms with E-state index in [-0.39, 0.29) is 33.9 Å². The Hall–Kier alpha value is -3.09. The summed E-state index contributed by atoms with van der Waals surface area (Å²) in [6.45, 7) is 0.601. The quantitative estimate of drug-likeness (QED) is 0.514. The fourth-order valence-corrected chi connectivity index (χ4v) is 2.52. The molecule has 0 radical (unpaired) electrons. The number of rotatable bonds is 5. The molecule has 0 aliphatic rings. The van der Waals surface area contributed by atoms with Crippen molar-refractivity contribution in [2.24, 2.45) is 0 Å². The molecule has 1 unspecified atom stereocenters. The number of aromatic nitrogens is 4. The summed E-state index contributed by atoms with van der Waals surface area (Å²) in [6, 6.07) is 2.37. The lowest BCUT2D eigenvalue weighted by Crippen LogP contribution is -2.31. The number of hydrogen-bond donors (Lipinski definition) is 1. The molecule has 1 atom stereocenters. The molecule has 7 nitrogen and oxygen atoms in total. The maximum Gasteiger partial charge on any atom is 0.425 e. The van der Waals surface area contributed by atoms with Gasteiger partial charge in [0.15, 0.2) is 17.6 Å². The molecule has 2 heterocycles. The molecule has 0 fully saturated rings. The first-order chi connectivity index (χ1) is 14.4. The van der Waals surface area contributed by atoms with Crippen LogP contribution in [0.5, 0.6) is 5.75 Å². The molecule has 0 bridgehead atoms. The summed E-state index contributed by atoms with van der Waals surface area (Å²) < 4.78 is 87.9. The van der Waals surface area contributed by atoms with Crippen molar-refractivity contribution in [2.75, 3.05) is 12.4 Å². The van der Waals surface area contributed by atoms with Gasteiger partial charge in [-0.3, -0.25) is 0 Å². The molecule has 0 saturated carbocycles. The first kappa shape index (κ1) is 22.6. The van der Waals surface area contributed by atoms with Crippen LogP contribution in [-0.4, -0.2) is 39.4 Å². The maximum absolute atomic E-state index is 13.4. The summed E-state index contributed by atoms with van der Waals surface area (Å²) in [6.07, 6.45) is -11.0. The summed E-state index contributed by atoms with van der Waals surface area (Å²) in [5.74, 6) is -1.20. The molecule has 14 heteroatoms. The average molecular weight is 468 g/mol. The highest BCUT2D eigenvalue weighted by atomic mass is 35.5. The van der Waals surface area contributed by atoms with Crippen LogP contribution in [0.1, 0.15) is 12.5 Å². The van der Waals surface area contributed by atoms with Gasteiger partial charge in [-0.05, 0) is 25.1 Å². The molecule has 1 N–H and O–H groups in total. The van der Waals surface area contributed by atoms with Crippen LogP contribution in [0, 0.1) is 0 Å². The zero-order chi connectivity index (χ0) is 23.0. The number of nitrogens with one attached hydrogen (secondary N) is 1. The highest BCUT2D eigenvalue weighted by Crippen LogP contribution is 2.40. The van der Waals surface area contributed by atoms with E-state index in [1.165, 1.54) is 6.20 Å². The summed E-state index contributed by atoms with van der Waals surface area (Å²) in [5.41, 5.74) is -1.54. The predicted octanol–water partition coefficient (Wildman–Crippen LogP) is 5.24. The van der Waals surface area contributed by atoms with Crippen molar-refractivity contribution in [1.29, 1.82) is 0 Å². The van der Waals surface area contributed by atoms with E-state index in [0.717, 1.165) is 12.1 Å². The fourth-order valence-electron chi connectivity index (χ4n) is 2.39. The van der Waals surface area contributed by atoms with Gasteiger partial charge in [0, 0.05) is 12.6 Å². The van der Waals surface area contributed by atoms with Crippen molar-refractivity contribution in [2.45, 2.75) is 25.4 Å². The molecule has 0 aliphatic carbocycles. The van der Waals surface area contributed by atoms with Crippen LogP contribution >= 0.6 is 11.6 Å². The number of halogens is 7. The van der Waals surface area contributed by atoms with Crippen molar-refractivity contribution in [3.8, 4) is 28.7 Å². The van der Waals surface area contributed by atoms with Crippen LogP contribution in [0.25, 0.3) is 23.0 Å². The van der Waals surface area contributed by atoms with Gasteiger partial charge in [-0.25, -0.2) is 9.97 Å². The van der Waals surface area contributed by atoms with E-state index in [0.29, 0.717) is 13.0 Å². The Kier molecular flexibility index (Phi) is 5.98. The maximum atomic E-state index is 13.4. The molecule has 0 saturated heterocycles. The fraction of sp³-hybridized carbons (Fsp3) is 0.294. The number of benzene rings is 1. The van der Waals surface area contributed by atoms with Gasteiger partial charge in [0.25, 0.3) is 5.89 Å². The molecule has 0 amide bonds. The second-order valence-electron chi connectivity index (χ2n) is 6.07. The molecule has 0 spiro atoms. The van der Waals surface area contributed by atoms with Crippen molar-refractivity contribution < 1.29 is 35.6 Å². The Bertz CT molecular complexity index is 1090. The average Bonchev–Trinajstić information content (AvgIpc) is 3.16. The lowest BCUT2D eigenvalue weighted by atomic mass is 10.1. The van der Waals surface area contributed by atoms with Gasteiger partial charge in [-0.2, -0.15) is 31.3 Å². The van der Waals surface area contributed by atoms with Crippen molar-refractivity contribution in [3.63, 3.8) is 0 Å². The van der Waals surface area contributed by atoms with Crippen LogP contribution in [0.2, 0.25) is 5.15 Å². The molecule has 166 valence electrons. The van der Waals surface area contributed by atoms with E-state index < -0.39 is 29.8 Å². The normalized spacial score (nSPS) is 13.2. The van der Waals surface area contributed by atoms with E-state index in [2.05, 4.69) is 30.2 Å².